The molecule has 0 fully saturated rings. The molecule has 0 saturated heterocycles. The summed E-state index contributed by atoms with van der Waals surface area (Å²) in [5.41, 5.74) is 3.27. The number of amides is 1. The second kappa shape index (κ2) is 8.49. The molecule has 128 valence electrons. The first-order valence-electron chi connectivity index (χ1n) is 8.24. The highest BCUT2D eigenvalue weighted by Crippen LogP contribution is 2.16. The van der Waals surface area contributed by atoms with E-state index in [4.69, 9.17) is 11.6 Å². The lowest BCUT2D eigenvalue weighted by Gasteiger charge is -2.08. The molecule has 0 unspecified atom stereocenters. The molecule has 0 aliphatic rings. The van der Waals surface area contributed by atoms with Crippen LogP contribution in [0.15, 0.2) is 67.3 Å². The van der Waals surface area contributed by atoms with E-state index in [1.54, 1.807) is 12.5 Å². The molecule has 1 heterocycles. The average molecular weight is 354 g/mol. The summed E-state index contributed by atoms with van der Waals surface area (Å²) in [6.07, 6.45) is 6.57. The Balaban J connectivity index is 1.49. The second-order valence-corrected chi connectivity index (χ2v) is 6.33. The summed E-state index contributed by atoms with van der Waals surface area (Å²) in [6.45, 7) is 1.30. The third-order valence-electron chi connectivity index (χ3n) is 3.98. The molecule has 5 heteroatoms. The van der Waals surface area contributed by atoms with Crippen LogP contribution >= 0.6 is 11.6 Å². The first-order chi connectivity index (χ1) is 12.2. The summed E-state index contributed by atoms with van der Waals surface area (Å²) in [6, 6.07) is 15.8. The molecule has 25 heavy (non-hydrogen) atoms. The summed E-state index contributed by atoms with van der Waals surface area (Å²) in [7, 11) is 0. The normalized spacial score (nSPS) is 10.6. The third kappa shape index (κ3) is 5.19. The smallest absolute Gasteiger partial charge is 0.220 e. The standard InChI is InChI=1S/C20H20ClN3O/c21-19-7-2-1-6-18(19)8-9-20(25)23-13-16-4-3-5-17(12-16)14-24-11-10-22-15-24/h1-7,10-12,15H,8-9,13-14H2,(H,23,25). The Morgan fingerprint density at radius 3 is 2.76 bits per heavy atom. The lowest BCUT2D eigenvalue weighted by molar-refractivity contribution is -0.121. The zero-order chi connectivity index (χ0) is 17.5. The number of benzene rings is 2. The van der Waals surface area contributed by atoms with Crippen LogP contribution in [0.2, 0.25) is 5.02 Å². The number of nitrogens with one attached hydrogen (secondary N) is 1. The maximum Gasteiger partial charge on any atom is 0.220 e. The maximum atomic E-state index is 12.1. The zero-order valence-electron chi connectivity index (χ0n) is 13.9. The Hall–Kier alpha value is -2.59. The van der Waals surface area contributed by atoms with E-state index in [0.29, 0.717) is 24.4 Å². The van der Waals surface area contributed by atoms with Crippen LogP contribution in [0, 0.1) is 0 Å². The van der Waals surface area contributed by atoms with Gasteiger partial charge in [-0.1, -0.05) is 54.1 Å². The van der Waals surface area contributed by atoms with E-state index in [2.05, 4.69) is 22.4 Å². The van der Waals surface area contributed by atoms with Crippen LogP contribution in [-0.2, 0) is 24.3 Å². The Kier molecular flexibility index (Phi) is 5.86. The molecule has 0 radical (unpaired) electrons. The van der Waals surface area contributed by atoms with Gasteiger partial charge in [0.1, 0.15) is 0 Å². The molecule has 0 spiro atoms. The van der Waals surface area contributed by atoms with Gasteiger partial charge >= 0.3 is 0 Å². The van der Waals surface area contributed by atoms with Crippen molar-refractivity contribution in [3.05, 3.63) is 89.0 Å². The van der Waals surface area contributed by atoms with Crippen LogP contribution in [0.3, 0.4) is 0 Å². The van der Waals surface area contributed by atoms with Gasteiger partial charge in [-0.3, -0.25) is 4.79 Å². The van der Waals surface area contributed by atoms with E-state index in [0.717, 1.165) is 17.7 Å². The molecule has 0 aliphatic carbocycles. The number of carbonyl (C=O) groups excluding carboxylic acids is 1. The minimum Gasteiger partial charge on any atom is -0.352 e. The summed E-state index contributed by atoms with van der Waals surface area (Å²) in [5, 5.41) is 3.68. The predicted octanol–water partition coefficient (Wildman–Crippen LogP) is 3.83. The number of aromatic nitrogens is 2. The van der Waals surface area contributed by atoms with Gasteiger partial charge in [0.15, 0.2) is 0 Å². The van der Waals surface area contributed by atoms with Crippen LogP contribution < -0.4 is 5.32 Å². The molecule has 4 nitrogen and oxygen atoms in total. The fourth-order valence-corrected chi connectivity index (χ4v) is 2.90. The summed E-state index contributed by atoms with van der Waals surface area (Å²) < 4.78 is 2.02. The number of rotatable bonds is 7. The first kappa shape index (κ1) is 17.2. The van der Waals surface area contributed by atoms with Crippen molar-refractivity contribution in [2.24, 2.45) is 0 Å². The number of hydrogen-bond donors (Lipinski definition) is 1. The molecule has 1 aromatic heterocycles. The third-order valence-corrected chi connectivity index (χ3v) is 4.35. The second-order valence-electron chi connectivity index (χ2n) is 5.92. The van der Waals surface area contributed by atoms with Crippen molar-refractivity contribution >= 4 is 17.5 Å². The maximum absolute atomic E-state index is 12.1. The number of hydrogen-bond acceptors (Lipinski definition) is 2. The minimum absolute atomic E-state index is 0.0277. The molecule has 0 saturated carbocycles. The Labute approximate surface area is 152 Å². The Morgan fingerprint density at radius 1 is 1.12 bits per heavy atom. The molecule has 1 N–H and O–H groups in total. The number of halogens is 1. The van der Waals surface area contributed by atoms with Crippen molar-refractivity contribution in [1.82, 2.24) is 14.9 Å². The van der Waals surface area contributed by atoms with Crippen LogP contribution in [0.4, 0.5) is 0 Å². The van der Waals surface area contributed by atoms with E-state index in [1.807, 2.05) is 47.2 Å². The van der Waals surface area contributed by atoms with Gasteiger partial charge in [0.05, 0.1) is 6.33 Å². The number of nitrogens with zero attached hydrogens (tertiary/aromatic N) is 2. The zero-order valence-corrected chi connectivity index (χ0v) is 14.6. The highest BCUT2D eigenvalue weighted by molar-refractivity contribution is 6.31. The SMILES string of the molecule is O=C(CCc1ccccc1Cl)NCc1cccc(Cn2ccnc2)c1. The van der Waals surface area contributed by atoms with Crippen molar-refractivity contribution in [2.45, 2.75) is 25.9 Å². The number of carbonyl (C=O) groups is 1. The summed E-state index contributed by atoms with van der Waals surface area (Å²) in [5.74, 6) is 0.0277. The summed E-state index contributed by atoms with van der Waals surface area (Å²) >= 11 is 6.12. The minimum atomic E-state index is 0.0277. The first-order valence-corrected chi connectivity index (χ1v) is 8.62. The van der Waals surface area contributed by atoms with Crippen molar-refractivity contribution in [3.8, 4) is 0 Å². The van der Waals surface area contributed by atoms with Crippen LogP contribution in [0.1, 0.15) is 23.1 Å². The highest BCUT2D eigenvalue weighted by atomic mass is 35.5. The van der Waals surface area contributed by atoms with Crippen LogP contribution in [0.5, 0.6) is 0 Å². The highest BCUT2D eigenvalue weighted by Gasteiger charge is 2.05. The lowest BCUT2D eigenvalue weighted by atomic mass is 10.1. The van der Waals surface area contributed by atoms with Gasteiger partial charge in [-0.15, -0.1) is 0 Å². The quantitative estimate of drug-likeness (QED) is 0.701. The van der Waals surface area contributed by atoms with Gasteiger partial charge < -0.3 is 9.88 Å². The Bertz CT molecular complexity index is 830. The fourth-order valence-electron chi connectivity index (χ4n) is 2.67. The van der Waals surface area contributed by atoms with Crippen molar-refractivity contribution in [2.75, 3.05) is 0 Å². The molecule has 0 bridgehead atoms. The van der Waals surface area contributed by atoms with E-state index in [1.165, 1.54) is 5.56 Å². The van der Waals surface area contributed by atoms with Gasteiger partial charge in [-0.05, 0) is 29.2 Å². The van der Waals surface area contributed by atoms with Gasteiger partial charge in [-0.2, -0.15) is 0 Å². The number of imidazole rings is 1. The van der Waals surface area contributed by atoms with E-state index in [9.17, 15) is 4.79 Å². The van der Waals surface area contributed by atoms with Crippen molar-refractivity contribution in [3.63, 3.8) is 0 Å². The molecule has 0 aliphatic heterocycles. The molecular formula is C20H20ClN3O. The topological polar surface area (TPSA) is 46.9 Å². The van der Waals surface area contributed by atoms with Gasteiger partial charge in [0, 0.05) is 36.9 Å². The predicted molar refractivity (Wildman–Crippen MR) is 99.4 cm³/mol. The average Bonchev–Trinajstić information content (AvgIpc) is 3.12. The molecular weight excluding hydrogens is 334 g/mol. The molecule has 1 amide bonds. The van der Waals surface area contributed by atoms with Gasteiger partial charge in [-0.25, -0.2) is 4.98 Å². The van der Waals surface area contributed by atoms with E-state index >= 15 is 0 Å². The van der Waals surface area contributed by atoms with Gasteiger partial charge in [0.2, 0.25) is 5.91 Å². The van der Waals surface area contributed by atoms with Crippen molar-refractivity contribution < 1.29 is 4.79 Å². The van der Waals surface area contributed by atoms with Crippen LogP contribution in [0.25, 0.3) is 0 Å². The van der Waals surface area contributed by atoms with E-state index < -0.39 is 0 Å². The van der Waals surface area contributed by atoms with Crippen LogP contribution in [-0.4, -0.2) is 15.5 Å². The van der Waals surface area contributed by atoms with E-state index in [-0.39, 0.29) is 5.91 Å². The monoisotopic (exact) mass is 353 g/mol. The van der Waals surface area contributed by atoms with Gasteiger partial charge in [0.25, 0.3) is 0 Å². The molecule has 2 aromatic carbocycles. The largest absolute Gasteiger partial charge is 0.352 e. The lowest BCUT2D eigenvalue weighted by Crippen LogP contribution is -2.23. The fraction of sp³-hybridized carbons (Fsp3) is 0.200. The molecule has 0 atom stereocenters. The molecule has 3 aromatic rings. The number of aryl methyl sites for hydroxylation is 1. The Morgan fingerprint density at radius 2 is 1.96 bits per heavy atom. The molecule has 3 rings (SSSR count). The van der Waals surface area contributed by atoms with Crippen molar-refractivity contribution in [1.29, 1.82) is 0 Å². The summed E-state index contributed by atoms with van der Waals surface area (Å²) in [4.78, 5) is 16.1.